The Hall–Kier alpha value is -1.56. The highest BCUT2D eigenvalue weighted by atomic mass is 127. The van der Waals surface area contributed by atoms with Crippen LogP contribution in [0.25, 0.3) is 0 Å². The summed E-state index contributed by atoms with van der Waals surface area (Å²) in [7, 11) is 0. The summed E-state index contributed by atoms with van der Waals surface area (Å²) >= 11 is 2.26. The number of anilines is 1. The first-order chi connectivity index (χ1) is 11.7. The number of rotatable bonds is 4. The molecular formula is C20H23IN2O. The van der Waals surface area contributed by atoms with Gasteiger partial charge in [0.15, 0.2) is 0 Å². The van der Waals surface area contributed by atoms with E-state index in [9.17, 15) is 4.79 Å². The van der Waals surface area contributed by atoms with Crippen molar-refractivity contribution in [3.8, 4) is 0 Å². The van der Waals surface area contributed by atoms with E-state index in [1.54, 1.807) is 0 Å². The van der Waals surface area contributed by atoms with Gasteiger partial charge in [0.25, 0.3) is 0 Å². The summed E-state index contributed by atoms with van der Waals surface area (Å²) in [5.41, 5.74) is 2.24. The number of carbonyl (C=O) groups is 1. The van der Waals surface area contributed by atoms with E-state index in [1.807, 2.05) is 24.3 Å². The molecule has 0 spiro atoms. The minimum Gasteiger partial charge on any atom is -0.337 e. The van der Waals surface area contributed by atoms with Gasteiger partial charge in [-0.15, -0.1) is 0 Å². The molecular weight excluding hydrogens is 411 g/mol. The van der Waals surface area contributed by atoms with Crippen LogP contribution in [0, 0.1) is 3.57 Å². The third-order valence-electron chi connectivity index (χ3n) is 4.89. The van der Waals surface area contributed by atoms with E-state index in [2.05, 4.69) is 63.6 Å². The van der Waals surface area contributed by atoms with E-state index in [4.69, 9.17) is 0 Å². The molecule has 1 fully saturated rings. The quantitative estimate of drug-likeness (QED) is 0.629. The molecule has 126 valence electrons. The smallest absolute Gasteiger partial charge is 0.319 e. The fourth-order valence-corrected chi connectivity index (χ4v) is 3.91. The first kappa shape index (κ1) is 17.3. The topological polar surface area (TPSA) is 41.1 Å². The van der Waals surface area contributed by atoms with Crippen molar-refractivity contribution in [2.24, 2.45) is 0 Å². The summed E-state index contributed by atoms with van der Waals surface area (Å²) in [6, 6.07) is 18.3. The molecule has 4 heteroatoms. The van der Waals surface area contributed by atoms with Gasteiger partial charge in [0.2, 0.25) is 0 Å². The van der Waals surface area contributed by atoms with Crippen LogP contribution in [0.4, 0.5) is 10.5 Å². The molecule has 0 heterocycles. The normalized spacial score (nSPS) is 16.4. The van der Waals surface area contributed by atoms with E-state index >= 15 is 0 Å². The van der Waals surface area contributed by atoms with E-state index < -0.39 is 0 Å². The minimum atomic E-state index is -0.128. The molecule has 1 saturated carbocycles. The molecule has 0 radical (unpaired) electrons. The second-order valence-corrected chi connectivity index (χ2v) is 7.77. The van der Waals surface area contributed by atoms with E-state index in [0.717, 1.165) is 22.1 Å². The maximum absolute atomic E-state index is 12.3. The zero-order valence-electron chi connectivity index (χ0n) is 13.7. The van der Waals surface area contributed by atoms with Gasteiger partial charge in [0.05, 0.1) is 0 Å². The fraction of sp³-hybridized carbons (Fsp3) is 0.350. The first-order valence-electron chi connectivity index (χ1n) is 8.54. The number of hydrogen-bond acceptors (Lipinski definition) is 1. The summed E-state index contributed by atoms with van der Waals surface area (Å²) in [5.74, 6) is 0. The molecule has 0 aliphatic heterocycles. The van der Waals surface area contributed by atoms with Gasteiger partial charge in [-0.3, -0.25) is 0 Å². The lowest BCUT2D eigenvalue weighted by Crippen LogP contribution is -2.43. The lowest BCUT2D eigenvalue weighted by molar-refractivity contribution is 0.240. The van der Waals surface area contributed by atoms with Gasteiger partial charge in [-0.05, 0) is 65.3 Å². The first-order valence-corrected chi connectivity index (χ1v) is 9.62. The molecule has 0 atom stereocenters. The summed E-state index contributed by atoms with van der Waals surface area (Å²) < 4.78 is 1.16. The van der Waals surface area contributed by atoms with Crippen molar-refractivity contribution in [2.75, 3.05) is 11.9 Å². The zero-order valence-corrected chi connectivity index (χ0v) is 15.9. The summed E-state index contributed by atoms with van der Waals surface area (Å²) in [6.45, 7) is 0.688. The molecule has 2 aromatic rings. The van der Waals surface area contributed by atoms with Gasteiger partial charge in [0.1, 0.15) is 0 Å². The van der Waals surface area contributed by atoms with Crippen molar-refractivity contribution >= 4 is 34.3 Å². The van der Waals surface area contributed by atoms with Crippen LogP contribution >= 0.6 is 22.6 Å². The second-order valence-electron chi connectivity index (χ2n) is 6.52. The average molecular weight is 434 g/mol. The van der Waals surface area contributed by atoms with Crippen molar-refractivity contribution in [1.29, 1.82) is 0 Å². The molecule has 2 aromatic carbocycles. The highest BCUT2D eigenvalue weighted by Crippen LogP contribution is 2.38. The van der Waals surface area contributed by atoms with Crippen LogP contribution in [0.1, 0.15) is 37.7 Å². The summed E-state index contributed by atoms with van der Waals surface area (Å²) in [4.78, 5) is 12.3. The van der Waals surface area contributed by atoms with Gasteiger partial charge in [-0.1, -0.05) is 49.6 Å². The molecule has 0 aromatic heterocycles. The van der Waals surface area contributed by atoms with E-state index in [0.29, 0.717) is 6.54 Å². The highest BCUT2D eigenvalue weighted by Gasteiger charge is 2.34. The number of urea groups is 1. The van der Waals surface area contributed by atoms with E-state index in [-0.39, 0.29) is 11.4 Å². The van der Waals surface area contributed by atoms with Crippen LogP contribution in [0.2, 0.25) is 0 Å². The lowest BCUT2D eigenvalue weighted by atomic mass is 9.69. The fourth-order valence-electron chi connectivity index (χ4n) is 3.55. The van der Waals surface area contributed by atoms with Gasteiger partial charge in [-0.2, -0.15) is 0 Å². The molecule has 24 heavy (non-hydrogen) atoms. The second kappa shape index (κ2) is 8.01. The van der Waals surface area contributed by atoms with Crippen LogP contribution in [0.15, 0.2) is 54.6 Å². The average Bonchev–Trinajstić information content (AvgIpc) is 2.63. The van der Waals surface area contributed by atoms with Crippen LogP contribution < -0.4 is 10.6 Å². The molecule has 0 bridgehead atoms. The Morgan fingerprint density at radius 1 is 0.958 bits per heavy atom. The van der Waals surface area contributed by atoms with Crippen LogP contribution in [0.3, 0.4) is 0 Å². The van der Waals surface area contributed by atoms with Crippen molar-refractivity contribution in [3.63, 3.8) is 0 Å². The lowest BCUT2D eigenvalue weighted by Gasteiger charge is -2.38. The highest BCUT2D eigenvalue weighted by molar-refractivity contribution is 14.1. The molecule has 0 saturated heterocycles. The van der Waals surface area contributed by atoms with Gasteiger partial charge in [-0.25, -0.2) is 4.79 Å². The summed E-state index contributed by atoms with van der Waals surface area (Å²) in [5, 5.41) is 6.03. The third kappa shape index (κ3) is 4.29. The minimum absolute atomic E-state index is 0.0723. The maximum atomic E-state index is 12.3. The maximum Gasteiger partial charge on any atom is 0.319 e. The SMILES string of the molecule is O=C(NCC1(c2ccccc2)CCCCC1)Nc1ccc(I)cc1. The van der Waals surface area contributed by atoms with Crippen molar-refractivity contribution in [1.82, 2.24) is 5.32 Å². The molecule has 1 aliphatic rings. The predicted octanol–water partition coefficient (Wildman–Crippen LogP) is 5.31. The number of hydrogen-bond donors (Lipinski definition) is 2. The molecule has 3 rings (SSSR count). The monoisotopic (exact) mass is 434 g/mol. The van der Waals surface area contributed by atoms with Crippen LogP contribution in [0.5, 0.6) is 0 Å². The van der Waals surface area contributed by atoms with Crippen LogP contribution in [-0.2, 0) is 5.41 Å². The Morgan fingerprint density at radius 2 is 1.62 bits per heavy atom. The predicted molar refractivity (Wildman–Crippen MR) is 107 cm³/mol. The van der Waals surface area contributed by atoms with E-state index in [1.165, 1.54) is 24.8 Å². The standard InChI is InChI=1S/C20H23IN2O/c21-17-9-11-18(12-10-17)23-19(24)22-15-20(13-5-2-6-14-20)16-7-3-1-4-8-16/h1,3-4,7-12H,2,5-6,13-15H2,(H2,22,23,24). The molecule has 1 aliphatic carbocycles. The molecule has 3 nitrogen and oxygen atoms in total. The number of carbonyl (C=O) groups excluding carboxylic acids is 1. The Morgan fingerprint density at radius 3 is 2.29 bits per heavy atom. The Balaban J connectivity index is 1.65. The number of halogens is 1. The van der Waals surface area contributed by atoms with Gasteiger partial charge < -0.3 is 10.6 Å². The van der Waals surface area contributed by atoms with Gasteiger partial charge >= 0.3 is 6.03 Å². The van der Waals surface area contributed by atoms with Crippen molar-refractivity contribution < 1.29 is 4.79 Å². The Kier molecular flexibility index (Phi) is 5.76. The third-order valence-corrected chi connectivity index (χ3v) is 5.61. The Bertz CT molecular complexity index is 664. The van der Waals surface area contributed by atoms with Gasteiger partial charge in [0, 0.05) is 21.2 Å². The molecule has 2 amide bonds. The molecule has 0 unspecified atom stereocenters. The zero-order chi connectivity index (χ0) is 16.8. The number of nitrogens with one attached hydrogen (secondary N) is 2. The Labute approximate surface area is 157 Å². The summed E-state index contributed by atoms with van der Waals surface area (Å²) in [6.07, 6.45) is 6.04. The largest absolute Gasteiger partial charge is 0.337 e. The van der Waals surface area contributed by atoms with Crippen molar-refractivity contribution in [3.05, 3.63) is 63.7 Å². The molecule has 2 N–H and O–H groups in total. The van der Waals surface area contributed by atoms with Crippen LogP contribution in [-0.4, -0.2) is 12.6 Å². The number of amides is 2. The van der Waals surface area contributed by atoms with Crippen molar-refractivity contribution in [2.45, 2.75) is 37.5 Å². The number of benzene rings is 2.